The summed E-state index contributed by atoms with van der Waals surface area (Å²) in [5.41, 5.74) is 5.98. The Bertz CT molecular complexity index is 698. The van der Waals surface area contributed by atoms with Crippen molar-refractivity contribution in [3.05, 3.63) is 23.8 Å². The van der Waals surface area contributed by atoms with E-state index in [9.17, 15) is 18.0 Å². The van der Waals surface area contributed by atoms with Crippen LogP contribution in [0.5, 0.6) is 0 Å². The van der Waals surface area contributed by atoms with Gasteiger partial charge in [-0.15, -0.1) is 0 Å². The number of nitrogens with one attached hydrogen (secondary N) is 1. The summed E-state index contributed by atoms with van der Waals surface area (Å²) in [7, 11) is -3.56. The molecule has 0 aliphatic heterocycles. The lowest BCUT2D eigenvalue weighted by Crippen LogP contribution is -2.39. The van der Waals surface area contributed by atoms with Gasteiger partial charge in [0.2, 0.25) is 5.91 Å². The van der Waals surface area contributed by atoms with Gasteiger partial charge in [0.05, 0.1) is 23.1 Å². The molecule has 23 heavy (non-hydrogen) atoms. The van der Waals surface area contributed by atoms with E-state index >= 15 is 0 Å². The molecule has 1 amide bonds. The van der Waals surface area contributed by atoms with Crippen LogP contribution in [0.3, 0.4) is 0 Å². The highest BCUT2D eigenvalue weighted by Gasteiger charge is 2.20. The molecule has 0 saturated carbocycles. The van der Waals surface area contributed by atoms with Gasteiger partial charge in [0.25, 0.3) is 0 Å². The predicted molar refractivity (Wildman–Crippen MR) is 87.0 cm³/mol. The smallest absolute Gasteiger partial charge is 0.338 e. The fraction of sp³-hybridized carbons (Fsp3) is 0.467. The fourth-order valence-corrected chi connectivity index (χ4v) is 2.43. The van der Waals surface area contributed by atoms with Crippen LogP contribution in [-0.2, 0) is 19.4 Å². The lowest BCUT2D eigenvalue weighted by molar-refractivity contribution is -0.118. The summed E-state index contributed by atoms with van der Waals surface area (Å²) in [5, 5.41) is 2.54. The first kappa shape index (κ1) is 19.1. The van der Waals surface area contributed by atoms with Crippen LogP contribution in [0.25, 0.3) is 0 Å². The third-order valence-corrected chi connectivity index (χ3v) is 4.23. The minimum atomic E-state index is -3.56. The number of carbonyl (C=O) groups is 2. The first-order chi connectivity index (χ1) is 10.6. The van der Waals surface area contributed by atoms with Crippen molar-refractivity contribution in [1.82, 2.24) is 0 Å². The fourth-order valence-electron chi connectivity index (χ4n) is 1.75. The number of nitrogens with two attached hydrogens (primary N) is 1. The van der Waals surface area contributed by atoms with Crippen molar-refractivity contribution in [3.63, 3.8) is 0 Å². The molecule has 0 radical (unpaired) electrons. The number of anilines is 1. The molecule has 0 fully saturated rings. The van der Waals surface area contributed by atoms with E-state index in [1.165, 1.54) is 18.2 Å². The standard InChI is InChI=1S/C15H22N2O5S/c1-5-22-15(19)10-6-11(8-12(7-10)23(4,20)21)17-14(18)13(16)9(2)3/h6-9,13H,5,16H2,1-4H3,(H,17,18)/t13-/m0/s1. The summed E-state index contributed by atoms with van der Waals surface area (Å²) >= 11 is 0. The van der Waals surface area contributed by atoms with Crippen molar-refractivity contribution in [2.24, 2.45) is 11.7 Å². The summed E-state index contributed by atoms with van der Waals surface area (Å²) in [6.45, 7) is 5.38. The molecule has 1 aromatic carbocycles. The van der Waals surface area contributed by atoms with Crippen molar-refractivity contribution in [3.8, 4) is 0 Å². The van der Waals surface area contributed by atoms with Crippen molar-refractivity contribution in [2.75, 3.05) is 18.2 Å². The molecule has 3 N–H and O–H groups in total. The number of sulfone groups is 1. The van der Waals surface area contributed by atoms with E-state index in [1.807, 2.05) is 0 Å². The third-order valence-electron chi connectivity index (χ3n) is 3.13. The zero-order valence-electron chi connectivity index (χ0n) is 13.6. The molecule has 1 aromatic rings. The van der Waals surface area contributed by atoms with Gasteiger partial charge in [0.15, 0.2) is 9.84 Å². The molecule has 0 aliphatic carbocycles. The molecule has 0 saturated heterocycles. The van der Waals surface area contributed by atoms with Crippen LogP contribution in [0.4, 0.5) is 5.69 Å². The molecule has 1 atom stereocenters. The average molecular weight is 342 g/mol. The van der Waals surface area contributed by atoms with E-state index in [-0.39, 0.29) is 28.7 Å². The highest BCUT2D eigenvalue weighted by Crippen LogP contribution is 2.20. The van der Waals surface area contributed by atoms with Gasteiger partial charge >= 0.3 is 5.97 Å². The summed E-state index contributed by atoms with van der Waals surface area (Å²) in [5.74, 6) is -1.21. The number of hydrogen-bond acceptors (Lipinski definition) is 6. The Balaban J connectivity index is 3.24. The van der Waals surface area contributed by atoms with Gasteiger partial charge in [-0.2, -0.15) is 0 Å². The molecule has 0 heterocycles. The van der Waals surface area contributed by atoms with Crippen LogP contribution in [0.1, 0.15) is 31.1 Å². The lowest BCUT2D eigenvalue weighted by atomic mass is 10.0. The number of esters is 1. The topological polar surface area (TPSA) is 116 Å². The Morgan fingerprint density at radius 3 is 2.35 bits per heavy atom. The van der Waals surface area contributed by atoms with Crippen LogP contribution >= 0.6 is 0 Å². The van der Waals surface area contributed by atoms with Crippen LogP contribution in [0.15, 0.2) is 23.1 Å². The van der Waals surface area contributed by atoms with Gasteiger partial charge in [-0.3, -0.25) is 4.79 Å². The molecular formula is C15H22N2O5S. The maximum Gasteiger partial charge on any atom is 0.338 e. The van der Waals surface area contributed by atoms with Gasteiger partial charge in [-0.1, -0.05) is 13.8 Å². The summed E-state index contributed by atoms with van der Waals surface area (Å²) in [4.78, 5) is 23.8. The Morgan fingerprint density at radius 1 is 1.26 bits per heavy atom. The first-order valence-electron chi connectivity index (χ1n) is 7.15. The molecular weight excluding hydrogens is 320 g/mol. The number of ether oxygens (including phenoxy) is 1. The Labute approximate surface area is 136 Å². The zero-order valence-corrected chi connectivity index (χ0v) is 14.4. The molecule has 0 aliphatic rings. The number of carbonyl (C=O) groups excluding carboxylic acids is 2. The maximum absolute atomic E-state index is 12.0. The van der Waals surface area contributed by atoms with E-state index in [0.717, 1.165) is 6.26 Å². The van der Waals surface area contributed by atoms with Crippen molar-refractivity contribution in [1.29, 1.82) is 0 Å². The average Bonchev–Trinajstić information content (AvgIpc) is 2.45. The van der Waals surface area contributed by atoms with Gasteiger partial charge in [0.1, 0.15) is 0 Å². The van der Waals surface area contributed by atoms with Gasteiger partial charge in [0, 0.05) is 11.9 Å². The second kappa shape index (κ2) is 7.56. The Kier molecular flexibility index (Phi) is 6.28. The van der Waals surface area contributed by atoms with Crippen LogP contribution in [0.2, 0.25) is 0 Å². The van der Waals surface area contributed by atoms with E-state index < -0.39 is 27.8 Å². The second-order valence-corrected chi connectivity index (χ2v) is 7.51. The summed E-state index contributed by atoms with van der Waals surface area (Å²) in [6, 6.07) is 3.11. The molecule has 128 valence electrons. The quantitative estimate of drug-likeness (QED) is 0.750. The van der Waals surface area contributed by atoms with Gasteiger partial charge < -0.3 is 15.8 Å². The molecule has 8 heteroatoms. The molecule has 0 spiro atoms. The minimum absolute atomic E-state index is 0.0446. The van der Waals surface area contributed by atoms with Gasteiger partial charge in [-0.05, 0) is 31.0 Å². The molecule has 7 nitrogen and oxygen atoms in total. The van der Waals surface area contributed by atoms with Crippen molar-refractivity contribution in [2.45, 2.75) is 31.7 Å². The number of amides is 1. The van der Waals surface area contributed by atoms with E-state index in [0.29, 0.717) is 0 Å². The maximum atomic E-state index is 12.0. The van der Waals surface area contributed by atoms with Crippen LogP contribution < -0.4 is 11.1 Å². The highest BCUT2D eigenvalue weighted by molar-refractivity contribution is 7.90. The highest BCUT2D eigenvalue weighted by atomic mass is 32.2. The largest absolute Gasteiger partial charge is 0.462 e. The van der Waals surface area contributed by atoms with E-state index in [1.54, 1.807) is 20.8 Å². The molecule has 0 bridgehead atoms. The molecule has 1 rings (SSSR count). The summed E-state index contributed by atoms with van der Waals surface area (Å²) < 4.78 is 28.4. The van der Waals surface area contributed by atoms with Crippen molar-refractivity contribution < 1.29 is 22.7 Å². The first-order valence-corrected chi connectivity index (χ1v) is 9.04. The lowest BCUT2D eigenvalue weighted by Gasteiger charge is -2.16. The third kappa shape index (κ3) is 5.33. The Hall–Kier alpha value is -1.93. The van der Waals surface area contributed by atoms with E-state index in [4.69, 9.17) is 10.5 Å². The van der Waals surface area contributed by atoms with Crippen molar-refractivity contribution >= 4 is 27.4 Å². The number of hydrogen-bond donors (Lipinski definition) is 2. The monoisotopic (exact) mass is 342 g/mol. The molecule has 0 unspecified atom stereocenters. The normalized spacial score (nSPS) is 12.8. The van der Waals surface area contributed by atoms with Crippen LogP contribution in [0, 0.1) is 5.92 Å². The SMILES string of the molecule is CCOC(=O)c1cc(NC(=O)[C@@H](N)C(C)C)cc(S(C)(=O)=O)c1. The van der Waals surface area contributed by atoms with Crippen LogP contribution in [-0.4, -0.2) is 39.2 Å². The zero-order chi connectivity index (χ0) is 17.8. The second-order valence-electron chi connectivity index (χ2n) is 5.50. The van der Waals surface area contributed by atoms with E-state index in [2.05, 4.69) is 5.32 Å². The van der Waals surface area contributed by atoms with Gasteiger partial charge in [-0.25, -0.2) is 13.2 Å². The number of rotatable bonds is 6. The predicted octanol–water partition coefficient (Wildman–Crippen LogP) is 1.19. The Morgan fingerprint density at radius 2 is 1.87 bits per heavy atom. The molecule has 0 aromatic heterocycles. The number of benzene rings is 1. The minimum Gasteiger partial charge on any atom is -0.462 e. The summed E-state index contributed by atoms with van der Waals surface area (Å²) in [6.07, 6.45) is 1.02.